The SMILES string of the molecule is O=C(O)c1[nH]c(=S)[nH]c1Cc1cccc(F)c1. The maximum atomic E-state index is 13.0. The highest BCUT2D eigenvalue weighted by atomic mass is 32.1. The highest BCUT2D eigenvalue weighted by Crippen LogP contribution is 2.12. The maximum Gasteiger partial charge on any atom is 0.354 e. The molecule has 2 aromatic rings. The molecule has 0 aliphatic rings. The van der Waals surface area contributed by atoms with E-state index in [0.29, 0.717) is 11.3 Å². The number of aromatic carboxylic acids is 1. The molecule has 0 unspecified atom stereocenters. The molecule has 88 valence electrons. The van der Waals surface area contributed by atoms with Crippen LogP contribution in [0.5, 0.6) is 0 Å². The zero-order chi connectivity index (χ0) is 12.4. The Bertz CT molecular complexity index is 618. The standard InChI is InChI=1S/C11H9FN2O2S/c12-7-3-1-2-6(4-7)5-8-9(10(15)16)14-11(17)13-8/h1-4H,5H2,(H,15,16)(H2,13,14,17). The Morgan fingerprint density at radius 2 is 2.18 bits per heavy atom. The number of aromatic amines is 2. The maximum absolute atomic E-state index is 13.0. The number of hydrogen-bond donors (Lipinski definition) is 3. The van der Waals surface area contributed by atoms with E-state index in [0.717, 1.165) is 0 Å². The van der Waals surface area contributed by atoms with E-state index in [1.807, 2.05) is 0 Å². The van der Waals surface area contributed by atoms with Crippen LogP contribution in [0.4, 0.5) is 4.39 Å². The van der Waals surface area contributed by atoms with E-state index in [2.05, 4.69) is 9.97 Å². The molecule has 1 heterocycles. The molecule has 1 aromatic heterocycles. The van der Waals surface area contributed by atoms with Gasteiger partial charge in [-0.05, 0) is 29.9 Å². The summed E-state index contributed by atoms with van der Waals surface area (Å²) in [7, 11) is 0. The van der Waals surface area contributed by atoms with Crippen LogP contribution in [0, 0.1) is 10.6 Å². The van der Waals surface area contributed by atoms with Gasteiger partial charge in [0.15, 0.2) is 4.77 Å². The third-order valence-corrected chi connectivity index (χ3v) is 2.49. The minimum Gasteiger partial charge on any atom is -0.477 e. The Hall–Kier alpha value is -1.95. The average molecular weight is 252 g/mol. The van der Waals surface area contributed by atoms with Gasteiger partial charge in [-0.3, -0.25) is 0 Å². The van der Waals surface area contributed by atoms with Crippen molar-refractivity contribution in [3.05, 3.63) is 51.8 Å². The van der Waals surface area contributed by atoms with Gasteiger partial charge in [-0.25, -0.2) is 9.18 Å². The summed E-state index contributed by atoms with van der Waals surface area (Å²) in [5.41, 5.74) is 1.13. The molecular formula is C11H9FN2O2S. The first kappa shape index (κ1) is 11.5. The normalized spacial score (nSPS) is 10.4. The van der Waals surface area contributed by atoms with E-state index in [1.165, 1.54) is 12.1 Å². The highest BCUT2D eigenvalue weighted by Gasteiger charge is 2.13. The van der Waals surface area contributed by atoms with Crippen molar-refractivity contribution in [2.45, 2.75) is 6.42 Å². The number of carboxylic acids is 1. The molecule has 3 N–H and O–H groups in total. The number of H-pyrrole nitrogens is 2. The number of aromatic nitrogens is 2. The highest BCUT2D eigenvalue weighted by molar-refractivity contribution is 7.71. The molecule has 0 spiro atoms. The molecule has 0 fully saturated rings. The zero-order valence-corrected chi connectivity index (χ0v) is 9.47. The lowest BCUT2D eigenvalue weighted by molar-refractivity contribution is 0.0690. The topological polar surface area (TPSA) is 68.9 Å². The molecule has 0 aliphatic carbocycles. The Labute approximate surface area is 101 Å². The van der Waals surface area contributed by atoms with Crippen molar-refractivity contribution in [3.8, 4) is 0 Å². The van der Waals surface area contributed by atoms with E-state index >= 15 is 0 Å². The number of rotatable bonds is 3. The van der Waals surface area contributed by atoms with Crippen molar-refractivity contribution in [3.63, 3.8) is 0 Å². The van der Waals surface area contributed by atoms with Crippen LogP contribution in [0.1, 0.15) is 21.7 Å². The summed E-state index contributed by atoms with van der Waals surface area (Å²) in [4.78, 5) is 16.2. The summed E-state index contributed by atoms with van der Waals surface area (Å²) in [5, 5.41) is 8.94. The molecule has 2 rings (SSSR count). The van der Waals surface area contributed by atoms with Crippen molar-refractivity contribution in [1.29, 1.82) is 0 Å². The van der Waals surface area contributed by atoms with Crippen molar-refractivity contribution in [2.24, 2.45) is 0 Å². The van der Waals surface area contributed by atoms with Crippen LogP contribution >= 0.6 is 12.2 Å². The number of carbonyl (C=O) groups is 1. The Balaban J connectivity index is 2.36. The fraction of sp³-hybridized carbons (Fsp3) is 0.0909. The molecule has 4 nitrogen and oxygen atoms in total. The number of hydrogen-bond acceptors (Lipinski definition) is 2. The zero-order valence-electron chi connectivity index (χ0n) is 8.66. The summed E-state index contributed by atoms with van der Waals surface area (Å²) in [6, 6.07) is 5.99. The van der Waals surface area contributed by atoms with Gasteiger partial charge in [0.25, 0.3) is 0 Å². The summed E-state index contributed by atoms with van der Waals surface area (Å²) in [6.07, 6.45) is 0.284. The second-order valence-electron chi connectivity index (χ2n) is 3.54. The average Bonchev–Trinajstić information content (AvgIpc) is 2.59. The monoisotopic (exact) mass is 252 g/mol. The lowest BCUT2D eigenvalue weighted by Crippen LogP contribution is -2.02. The van der Waals surface area contributed by atoms with Crippen molar-refractivity contribution < 1.29 is 14.3 Å². The number of carboxylic acid groups (broad SMARTS) is 1. The molecule has 0 aliphatic heterocycles. The van der Waals surface area contributed by atoms with E-state index in [1.54, 1.807) is 12.1 Å². The molecule has 0 saturated carbocycles. The van der Waals surface area contributed by atoms with Gasteiger partial charge < -0.3 is 15.1 Å². The van der Waals surface area contributed by atoms with Crippen LogP contribution in [0.25, 0.3) is 0 Å². The van der Waals surface area contributed by atoms with Gasteiger partial charge in [0.1, 0.15) is 11.5 Å². The van der Waals surface area contributed by atoms with Gasteiger partial charge in [0, 0.05) is 6.42 Å². The van der Waals surface area contributed by atoms with E-state index in [9.17, 15) is 9.18 Å². The smallest absolute Gasteiger partial charge is 0.354 e. The molecule has 17 heavy (non-hydrogen) atoms. The van der Waals surface area contributed by atoms with Crippen molar-refractivity contribution in [2.75, 3.05) is 0 Å². The molecular weight excluding hydrogens is 243 g/mol. The minimum atomic E-state index is -1.09. The fourth-order valence-electron chi connectivity index (χ4n) is 1.59. The summed E-state index contributed by atoms with van der Waals surface area (Å²) in [5.74, 6) is -1.45. The first-order chi connectivity index (χ1) is 8.06. The molecule has 1 aromatic carbocycles. The largest absolute Gasteiger partial charge is 0.477 e. The molecule has 6 heteroatoms. The van der Waals surface area contributed by atoms with E-state index < -0.39 is 5.97 Å². The molecule has 0 amide bonds. The Morgan fingerprint density at radius 1 is 1.41 bits per heavy atom. The first-order valence-corrected chi connectivity index (χ1v) is 5.26. The Morgan fingerprint density at radius 3 is 2.82 bits per heavy atom. The van der Waals surface area contributed by atoms with Gasteiger partial charge in [-0.1, -0.05) is 12.1 Å². The van der Waals surface area contributed by atoms with Crippen LogP contribution in [-0.2, 0) is 6.42 Å². The first-order valence-electron chi connectivity index (χ1n) is 4.85. The predicted octanol–water partition coefficient (Wildman–Crippen LogP) is 2.50. The van der Waals surface area contributed by atoms with Crippen molar-refractivity contribution in [1.82, 2.24) is 9.97 Å². The Kier molecular flexibility index (Phi) is 3.06. The van der Waals surface area contributed by atoms with Crippen LogP contribution in [0.3, 0.4) is 0 Å². The van der Waals surface area contributed by atoms with Crippen LogP contribution in [0.2, 0.25) is 0 Å². The minimum absolute atomic E-state index is 0.0132. The quantitative estimate of drug-likeness (QED) is 0.735. The number of benzene rings is 1. The molecule has 0 radical (unpaired) electrons. The van der Waals surface area contributed by atoms with Gasteiger partial charge in [0.2, 0.25) is 0 Å². The van der Waals surface area contributed by atoms with Crippen LogP contribution < -0.4 is 0 Å². The van der Waals surface area contributed by atoms with Gasteiger partial charge in [-0.15, -0.1) is 0 Å². The van der Waals surface area contributed by atoms with Gasteiger partial charge in [-0.2, -0.15) is 0 Å². The third-order valence-electron chi connectivity index (χ3n) is 2.29. The lowest BCUT2D eigenvalue weighted by atomic mass is 10.1. The summed E-state index contributed by atoms with van der Waals surface area (Å²) < 4.78 is 13.2. The predicted molar refractivity (Wildman–Crippen MR) is 62.1 cm³/mol. The number of nitrogens with one attached hydrogen (secondary N) is 2. The number of halogens is 1. The summed E-state index contributed by atoms with van der Waals surface area (Å²) >= 11 is 4.83. The van der Waals surface area contributed by atoms with E-state index in [4.69, 9.17) is 17.3 Å². The second-order valence-corrected chi connectivity index (χ2v) is 3.95. The van der Waals surface area contributed by atoms with Gasteiger partial charge in [0.05, 0.1) is 5.69 Å². The molecule has 0 atom stereocenters. The van der Waals surface area contributed by atoms with Crippen LogP contribution in [-0.4, -0.2) is 21.0 Å². The number of imidazole rings is 1. The third kappa shape index (κ3) is 2.59. The van der Waals surface area contributed by atoms with Crippen LogP contribution in [0.15, 0.2) is 24.3 Å². The second kappa shape index (κ2) is 4.50. The van der Waals surface area contributed by atoms with Crippen molar-refractivity contribution >= 4 is 18.2 Å². The molecule has 0 saturated heterocycles. The summed E-state index contributed by atoms with van der Waals surface area (Å²) in [6.45, 7) is 0. The fourth-order valence-corrected chi connectivity index (χ4v) is 1.81. The van der Waals surface area contributed by atoms with E-state index in [-0.39, 0.29) is 22.7 Å². The molecule has 0 bridgehead atoms. The van der Waals surface area contributed by atoms with Gasteiger partial charge >= 0.3 is 5.97 Å². The lowest BCUT2D eigenvalue weighted by Gasteiger charge is -2.00.